The molecule has 4 aromatic carbocycles. The van der Waals surface area contributed by atoms with E-state index in [1.54, 1.807) is 0 Å². The lowest BCUT2D eigenvalue weighted by Crippen LogP contribution is -2.88. The summed E-state index contributed by atoms with van der Waals surface area (Å²) in [6.07, 6.45) is 1.98. The average Bonchev–Trinajstić information content (AvgIpc) is 2.83. The summed E-state index contributed by atoms with van der Waals surface area (Å²) in [6, 6.07) is 37.0. The first-order chi connectivity index (χ1) is 15.2. The van der Waals surface area contributed by atoms with Gasteiger partial charge in [0.1, 0.15) is 0 Å². The SMILES string of the molecule is Cc1cccc2c[n+]([Si](c3ccccc3)(c3ccccc3)c3ccccc3)c(=O)oc12. The number of benzene rings is 4. The van der Waals surface area contributed by atoms with Gasteiger partial charge in [0.25, 0.3) is 0 Å². The van der Waals surface area contributed by atoms with Crippen molar-refractivity contribution in [1.29, 1.82) is 0 Å². The van der Waals surface area contributed by atoms with Gasteiger partial charge in [-0.05, 0) is 18.6 Å². The minimum absolute atomic E-state index is 0.343. The first kappa shape index (κ1) is 19.2. The maximum Gasteiger partial charge on any atom is 0.580 e. The Labute approximate surface area is 182 Å². The van der Waals surface area contributed by atoms with Crippen molar-refractivity contribution in [3.05, 3.63) is 132 Å². The van der Waals surface area contributed by atoms with Crippen molar-refractivity contribution in [3.63, 3.8) is 0 Å². The van der Waals surface area contributed by atoms with Crippen LogP contribution in [0, 0.1) is 6.92 Å². The van der Waals surface area contributed by atoms with E-state index in [9.17, 15) is 4.79 Å². The van der Waals surface area contributed by atoms with Crippen molar-refractivity contribution in [1.82, 2.24) is 0 Å². The van der Waals surface area contributed by atoms with Crippen molar-refractivity contribution in [2.75, 3.05) is 0 Å². The molecule has 0 saturated heterocycles. The Balaban J connectivity index is 1.98. The molecule has 31 heavy (non-hydrogen) atoms. The zero-order valence-corrected chi connectivity index (χ0v) is 18.2. The standard InChI is InChI=1S/C27H22NO2Si/c1-21-12-11-13-22-20-28(27(29)30-26(21)22)31(23-14-5-2-6-15-23,24-16-7-3-8-17-24)25-18-9-4-10-19-25/h2-20H,1H3/q+1. The van der Waals surface area contributed by atoms with Gasteiger partial charge in [0.15, 0.2) is 11.8 Å². The third kappa shape index (κ3) is 3.12. The average molecular weight is 421 g/mol. The summed E-state index contributed by atoms with van der Waals surface area (Å²) >= 11 is 0. The Bertz CT molecular complexity index is 1300. The van der Waals surface area contributed by atoms with Crippen molar-refractivity contribution >= 4 is 34.8 Å². The number of aryl methyl sites for hydroxylation is 1. The molecule has 0 amide bonds. The lowest BCUT2D eigenvalue weighted by Gasteiger charge is -2.25. The van der Waals surface area contributed by atoms with E-state index in [0.717, 1.165) is 26.5 Å². The molecule has 0 aliphatic carbocycles. The minimum atomic E-state index is -2.97. The van der Waals surface area contributed by atoms with E-state index in [0.29, 0.717) is 5.58 Å². The number of fused-ring (bicyclic) bond motifs is 1. The summed E-state index contributed by atoms with van der Waals surface area (Å²) in [7, 11) is -2.97. The first-order valence-electron chi connectivity index (χ1n) is 10.3. The van der Waals surface area contributed by atoms with Gasteiger partial charge >= 0.3 is 14.0 Å². The summed E-state index contributed by atoms with van der Waals surface area (Å²) in [5.74, 6) is -0.343. The van der Waals surface area contributed by atoms with Gasteiger partial charge in [-0.3, -0.25) is 0 Å². The summed E-state index contributed by atoms with van der Waals surface area (Å²) in [5.41, 5.74) is 1.59. The lowest BCUT2D eigenvalue weighted by atomic mass is 10.2. The number of aromatic nitrogens is 1. The molecule has 0 aliphatic rings. The van der Waals surface area contributed by atoms with Crippen molar-refractivity contribution in [3.8, 4) is 0 Å². The molecule has 0 radical (unpaired) electrons. The van der Waals surface area contributed by atoms with E-state index in [1.807, 2.05) is 90.1 Å². The normalized spacial score (nSPS) is 11.5. The third-order valence-corrected chi connectivity index (χ3v) is 10.4. The third-order valence-electron chi connectivity index (χ3n) is 5.83. The quantitative estimate of drug-likeness (QED) is 0.331. The van der Waals surface area contributed by atoms with Gasteiger partial charge < -0.3 is 4.42 Å². The van der Waals surface area contributed by atoms with Crippen LogP contribution >= 0.6 is 0 Å². The van der Waals surface area contributed by atoms with Crippen LogP contribution in [0.25, 0.3) is 11.0 Å². The summed E-state index contributed by atoms with van der Waals surface area (Å²) in [4.78, 5) is 13.6. The molecule has 1 aromatic heterocycles. The van der Waals surface area contributed by atoms with Crippen LogP contribution in [-0.4, -0.2) is 8.24 Å². The van der Waals surface area contributed by atoms with Crippen molar-refractivity contribution in [2.45, 2.75) is 6.92 Å². The second kappa shape index (κ2) is 7.82. The molecule has 0 saturated carbocycles. The first-order valence-corrected chi connectivity index (χ1v) is 12.3. The van der Waals surface area contributed by atoms with E-state index >= 15 is 0 Å². The molecule has 0 fully saturated rings. The molecule has 5 rings (SSSR count). The van der Waals surface area contributed by atoms with Crippen LogP contribution in [0.2, 0.25) is 0 Å². The second-order valence-electron chi connectivity index (χ2n) is 7.67. The Hall–Kier alpha value is -3.76. The predicted octanol–water partition coefficient (Wildman–Crippen LogP) is 2.90. The zero-order chi connectivity index (χ0) is 21.3. The molecule has 4 heteroatoms. The Morgan fingerprint density at radius 1 is 0.645 bits per heavy atom. The molecular formula is C27H22NO2Si+. The van der Waals surface area contributed by atoms with Crippen LogP contribution in [0.5, 0.6) is 0 Å². The van der Waals surface area contributed by atoms with Gasteiger partial charge in [0, 0.05) is 15.6 Å². The Morgan fingerprint density at radius 3 is 1.61 bits per heavy atom. The highest BCUT2D eigenvalue weighted by Crippen LogP contribution is 2.15. The number of rotatable bonds is 4. The van der Waals surface area contributed by atoms with Crippen LogP contribution in [0.3, 0.4) is 0 Å². The summed E-state index contributed by atoms with van der Waals surface area (Å²) < 4.78 is 7.81. The topological polar surface area (TPSA) is 34.1 Å². The van der Waals surface area contributed by atoms with E-state index in [1.165, 1.54) is 0 Å². The molecule has 0 spiro atoms. The molecular weight excluding hydrogens is 398 g/mol. The number of para-hydroxylation sites is 1. The van der Waals surface area contributed by atoms with E-state index in [2.05, 4.69) is 36.4 Å². The molecule has 1 heterocycles. The van der Waals surface area contributed by atoms with Crippen molar-refractivity contribution < 1.29 is 8.65 Å². The van der Waals surface area contributed by atoms with E-state index < -0.39 is 8.24 Å². The largest absolute Gasteiger partial charge is 0.580 e. The highest BCUT2D eigenvalue weighted by atomic mass is 28.3. The fourth-order valence-corrected chi connectivity index (χ4v) is 8.94. The fourth-order valence-electron chi connectivity index (χ4n) is 4.43. The molecule has 3 nitrogen and oxygen atoms in total. The van der Waals surface area contributed by atoms with Crippen LogP contribution < -0.4 is 25.5 Å². The van der Waals surface area contributed by atoms with Gasteiger partial charge in [0.2, 0.25) is 0 Å². The number of nitrogens with zero attached hydrogens (tertiary/aromatic N) is 1. The maximum absolute atomic E-state index is 13.6. The van der Waals surface area contributed by atoms with E-state index in [4.69, 9.17) is 4.42 Å². The van der Waals surface area contributed by atoms with E-state index in [-0.39, 0.29) is 5.76 Å². The van der Waals surface area contributed by atoms with Gasteiger partial charge in [-0.2, -0.15) is 9.03 Å². The summed E-state index contributed by atoms with van der Waals surface area (Å²) in [6.45, 7) is 1.96. The smallest absolute Gasteiger partial charge is 0.373 e. The van der Waals surface area contributed by atoms with Gasteiger partial charge in [-0.25, -0.2) is 0 Å². The van der Waals surface area contributed by atoms with Crippen LogP contribution in [0.1, 0.15) is 5.56 Å². The second-order valence-corrected chi connectivity index (χ2v) is 11.3. The number of hydrogen-bond donors (Lipinski definition) is 0. The minimum Gasteiger partial charge on any atom is -0.373 e. The van der Waals surface area contributed by atoms with Gasteiger partial charge in [-0.1, -0.05) is 103 Å². The van der Waals surface area contributed by atoms with Crippen LogP contribution in [-0.2, 0) is 0 Å². The fraction of sp³-hybridized carbons (Fsp3) is 0.0370. The molecule has 150 valence electrons. The zero-order valence-electron chi connectivity index (χ0n) is 17.2. The van der Waals surface area contributed by atoms with Crippen LogP contribution in [0.15, 0.2) is 125 Å². The van der Waals surface area contributed by atoms with Gasteiger partial charge in [0.05, 0.1) is 5.39 Å². The monoisotopic (exact) mass is 420 g/mol. The molecule has 5 aromatic rings. The maximum atomic E-state index is 13.6. The molecule has 0 bridgehead atoms. The molecule has 0 unspecified atom stereocenters. The Kier molecular flexibility index (Phi) is 4.84. The highest BCUT2D eigenvalue weighted by Gasteiger charge is 2.55. The highest BCUT2D eigenvalue weighted by molar-refractivity contribution is 7.05. The molecule has 0 aliphatic heterocycles. The molecule has 0 atom stereocenters. The predicted molar refractivity (Wildman–Crippen MR) is 127 cm³/mol. The summed E-state index contributed by atoms with van der Waals surface area (Å²) in [5, 5.41) is 4.28. The molecule has 0 N–H and O–H groups in total. The Morgan fingerprint density at radius 2 is 1.13 bits per heavy atom. The van der Waals surface area contributed by atoms with Gasteiger partial charge in [-0.15, -0.1) is 0 Å². The van der Waals surface area contributed by atoms with Crippen molar-refractivity contribution in [2.24, 2.45) is 0 Å². The van der Waals surface area contributed by atoms with Crippen LogP contribution in [0.4, 0.5) is 0 Å². The number of hydrogen-bond acceptors (Lipinski definition) is 2. The lowest BCUT2D eigenvalue weighted by molar-refractivity contribution is -0.569.